The second kappa shape index (κ2) is 8.74. The van der Waals surface area contributed by atoms with Crippen LogP contribution in [0.25, 0.3) is 11.1 Å². The van der Waals surface area contributed by atoms with Crippen LogP contribution in [0.1, 0.15) is 11.4 Å². The summed E-state index contributed by atoms with van der Waals surface area (Å²) in [6, 6.07) is 14.4. The van der Waals surface area contributed by atoms with Gasteiger partial charge in [-0.05, 0) is 18.6 Å². The van der Waals surface area contributed by atoms with E-state index < -0.39 is 0 Å². The molecule has 0 spiro atoms. The molecule has 0 aliphatic carbocycles. The first-order valence-corrected chi connectivity index (χ1v) is 6.85. The van der Waals surface area contributed by atoms with E-state index in [1.54, 1.807) is 6.20 Å². The normalized spacial score (nSPS) is 9.61. The third-order valence-corrected chi connectivity index (χ3v) is 3.34. The summed E-state index contributed by atoms with van der Waals surface area (Å²) in [5.74, 6) is 1.24. The van der Waals surface area contributed by atoms with Gasteiger partial charge in [-0.1, -0.05) is 30.3 Å². The van der Waals surface area contributed by atoms with Gasteiger partial charge in [-0.15, -0.1) is 17.0 Å². The summed E-state index contributed by atoms with van der Waals surface area (Å²) in [5.41, 5.74) is 9.25. The third kappa shape index (κ3) is 4.84. The maximum Gasteiger partial charge on any atom is 0.178 e. The van der Waals surface area contributed by atoms with Crippen molar-refractivity contribution in [1.29, 1.82) is 0 Å². The molecule has 2 N–H and O–H groups in total. The lowest BCUT2D eigenvalue weighted by molar-refractivity contribution is -0.687. The Bertz CT molecular complexity index is 764. The van der Waals surface area contributed by atoms with Crippen molar-refractivity contribution < 1.29 is 21.5 Å². The van der Waals surface area contributed by atoms with E-state index >= 15 is 0 Å². The van der Waals surface area contributed by atoms with Crippen molar-refractivity contribution in [1.82, 2.24) is 9.97 Å². The fraction of sp³-hybridized carbons (Fsp3) is 0.118. The Kier molecular flexibility index (Phi) is 7.32. The van der Waals surface area contributed by atoms with Gasteiger partial charge in [0.15, 0.2) is 18.9 Å². The molecule has 4 nitrogen and oxygen atoms in total. The zero-order valence-electron chi connectivity index (χ0n) is 12.7. The molecule has 0 saturated heterocycles. The molecule has 0 saturated carbocycles. The molecule has 23 heavy (non-hydrogen) atoms. The van der Waals surface area contributed by atoms with Crippen LogP contribution < -0.4 is 27.3 Å². The van der Waals surface area contributed by atoms with Crippen LogP contribution in [0.4, 0.5) is 5.82 Å². The molecule has 0 atom stereocenters. The van der Waals surface area contributed by atoms with Crippen LogP contribution in [-0.4, -0.2) is 9.97 Å². The van der Waals surface area contributed by atoms with Gasteiger partial charge < -0.3 is 22.7 Å². The van der Waals surface area contributed by atoms with E-state index in [1.807, 2.05) is 37.4 Å². The summed E-state index contributed by atoms with van der Waals surface area (Å²) in [6.07, 6.45) is 5.92. The number of hydrogen-bond donors (Lipinski definition) is 1. The van der Waals surface area contributed by atoms with Crippen molar-refractivity contribution in [3.63, 3.8) is 0 Å². The number of aryl methyl sites for hydroxylation is 1. The number of pyridine rings is 1. The molecule has 0 unspecified atom stereocenters. The summed E-state index contributed by atoms with van der Waals surface area (Å²) in [7, 11) is 0. The van der Waals surface area contributed by atoms with Crippen molar-refractivity contribution in [2.45, 2.75) is 13.5 Å². The Morgan fingerprint density at radius 1 is 1.04 bits per heavy atom. The van der Waals surface area contributed by atoms with Crippen molar-refractivity contribution >= 4 is 22.8 Å². The molecule has 0 bridgehead atoms. The van der Waals surface area contributed by atoms with Gasteiger partial charge in [-0.2, -0.15) is 4.57 Å². The lowest BCUT2D eigenvalue weighted by atomic mass is 10.1. The summed E-state index contributed by atoms with van der Waals surface area (Å²) in [5, 5.41) is 0. The zero-order chi connectivity index (χ0) is 14.7. The second-order valence-corrected chi connectivity index (χ2v) is 4.96. The smallest absolute Gasteiger partial charge is 0.178 e. The summed E-state index contributed by atoms with van der Waals surface area (Å²) >= 11 is 0. The number of benzene rings is 1. The van der Waals surface area contributed by atoms with Crippen LogP contribution >= 0.6 is 17.0 Å². The molecule has 0 aliphatic rings. The van der Waals surface area contributed by atoms with Crippen molar-refractivity contribution in [3.05, 3.63) is 72.4 Å². The van der Waals surface area contributed by atoms with Crippen LogP contribution in [0.2, 0.25) is 0 Å². The monoisotopic (exact) mass is 436 g/mol. The highest BCUT2D eigenvalue weighted by Gasteiger charge is 2.10. The fourth-order valence-electron chi connectivity index (χ4n) is 2.25. The number of nitrogens with zero attached hydrogens (tertiary/aromatic N) is 3. The predicted octanol–water partition coefficient (Wildman–Crippen LogP) is -0.0481. The van der Waals surface area contributed by atoms with E-state index in [0.29, 0.717) is 18.2 Å². The number of halogens is 2. The average Bonchev–Trinajstić information content (AvgIpc) is 2.51. The molecule has 1 aromatic carbocycles. The standard InChI is InChI=1S/C17H17N4.2BrH/c1-13-19-10-16(17(18)20-13)12-21-9-5-8-15(11-21)14-6-3-2-4-7-14;;/h2-11H,12H2,1H3,(H2,18,19,20);2*1H/q+1;;/p-1. The van der Waals surface area contributed by atoms with Gasteiger partial charge in [0.25, 0.3) is 0 Å². The summed E-state index contributed by atoms with van der Waals surface area (Å²) in [4.78, 5) is 8.42. The lowest BCUT2D eigenvalue weighted by Crippen LogP contribution is -3.00. The molecule has 2 aromatic heterocycles. The van der Waals surface area contributed by atoms with Crippen molar-refractivity contribution in [2.24, 2.45) is 0 Å². The number of nitrogens with two attached hydrogens (primary N) is 1. The number of nitrogen functional groups attached to an aromatic ring is 1. The maximum atomic E-state index is 5.95. The highest BCUT2D eigenvalue weighted by atomic mass is 79.9. The predicted molar refractivity (Wildman–Crippen MR) is 92.7 cm³/mol. The van der Waals surface area contributed by atoms with Crippen molar-refractivity contribution in [2.75, 3.05) is 5.73 Å². The summed E-state index contributed by atoms with van der Waals surface area (Å²) in [6.45, 7) is 2.50. The molecular formula is C17H18Br2N4. The van der Waals surface area contributed by atoms with Crippen molar-refractivity contribution in [3.8, 4) is 11.1 Å². The maximum absolute atomic E-state index is 5.95. The molecule has 2 heterocycles. The van der Waals surface area contributed by atoms with Gasteiger partial charge in [-0.25, -0.2) is 9.97 Å². The SMILES string of the molecule is Br.Cc1ncc(C[n+]2cccc(-c3ccccc3)c2)c(N)n1.[Br-]. The van der Waals surface area contributed by atoms with E-state index in [-0.39, 0.29) is 34.0 Å². The zero-order valence-corrected chi connectivity index (χ0v) is 16.0. The average molecular weight is 438 g/mol. The largest absolute Gasteiger partial charge is 1.00 e. The second-order valence-electron chi connectivity index (χ2n) is 4.96. The Balaban J connectivity index is 0.00000132. The molecular weight excluding hydrogens is 420 g/mol. The van der Waals surface area contributed by atoms with Gasteiger partial charge in [0.1, 0.15) is 11.6 Å². The minimum absolute atomic E-state index is 0. The summed E-state index contributed by atoms with van der Waals surface area (Å²) < 4.78 is 2.09. The first kappa shape index (κ1) is 19.3. The number of aromatic nitrogens is 3. The Morgan fingerprint density at radius 2 is 1.74 bits per heavy atom. The van der Waals surface area contributed by atoms with E-state index in [0.717, 1.165) is 5.56 Å². The molecule has 6 heteroatoms. The van der Waals surface area contributed by atoms with Crippen LogP contribution in [0, 0.1) is 6.92 Å². The van der Waals surface area contributed by atoms with Crippen LogP contribution in [0.15, 0.2) is 61.1 Å². The van der Waals surface area contributed by atoms with Gasteiger partial charge in [0.2, 0.25) is 0 Å². The Labute approximate surface area is 157 Å². The number of hydrogen-bond acceptors (Lipinski definition) is 3. The van der Waals surface area contributed by atoms with E-state index in [9.17, 15) is 0 Å². The van der Waals surface area contributed by atoms with Gasteiger partial charge in [-0.3, -0.25) is 0 Å². The van der Waals surface area contributed by atoms with Gasteiger partial charge in [0, 0.05) is 17.8 Å². The fourth-order valence-corrected chi connectivity index (χ4v) is 2.25. The minimum Gasteiger partial charge on any atom is -1.00 e. The molecule has 0 fully saturated rings. The highest BCUT2D eigenvalue weighted by molar-refractivity contribution is 8.93. The minimum atomic E-state index is 0. The van der Waals surface area contributed by atoms with Crippen LogP contribution in [0.5, 0.6) is 0 Å². The Morgan fingerprint density at radius 3 is 2.43 bits per heavy atom. The first-order valence-electron chi connectivity index (χ1n) is 6.85. The molecule has 120 valence electrons. The van der Waals surface area contributed by atoms with E-state index in [4.69, 9.17) is 5.73 Å². The number of anilines is 1. The van der Waals surface area contributed by atoms with Gasteiger partial charge in [0.05, 0.1) is 5.56 Å². The molecule has 0 aliphatic heterocycles. The van der Waals surface area contributed by atoms with Crippen LogP contribution in [-0.2, 0) is 6.54 Å². The van der Waals surface area contributed by atoms with E-state index in [1.165, 1.54) is 11.1 Å². The molecule has 0 amide bonds. The first-order chi connectivity index (χ1) is 10.2. The Hall–Kier alpha value is -1.79. The third-order valence-electron chi connectivity index (χ3n) is 3.34. The highest BCUT2D eigenvalue weighted by Crippen LogP contribution is 2.16. The van der Waals surface area contributed by atoms with Gasteiger partial charge >= 0.3 is 0 Å². The van der Waals surface area contributed by atoms with E-state index in [2.05, 4.69) is 38.9 Å². The topological polar surface area (TPSA) is 55.7 Å². The number of rotatable bonds is 3. The molecule has 3 rings (SSSR count). The van der Waals surface area contributed by atoms with Crippen LogP contribution in [0.3, 0.4) is 0 Å². The molecule has 0 radical (unpaired) electrons. The molecule has 3 aromatic rings. The quantitative estimate of drug-likeness (QED) is 0.584. The lowest BCUT2D eigenvalue weighted by Gasteiger charge is -2.04.